The van der Waals surface area contributed by atoms with Crippen molar-refractivity contribution in [2.75, 3.05) is 6.61 Å². The second-order valence-electron chi connectivity index (χ2n) is 9.17. The van der Waals surface area contributed by atoms with Crippen LogP contribution in [0.2, 0.25) is 18.1 Å². The highest BCUT2D eigenvalue weighted by atomic mass is 28.4. The minimum absolute atomic E-state index is 0.161. The highest BCUT2D eigenvalue weighted by Crippen LogP contribution is 2.37. The van der Waals surface area contributed by atoms with Crippen LogP contribution in [-0.2, 0) is 17.7 Å². The lowest BCUT2D eigenvalue weighted by Crippen LogP contribution is -2.43. The maximum atomic E-state index is 12.0. The lowest BCUT2D eigenvalue weighted by atomic mass is 10.1. The van der Waals surface area contributed by atoms with Crippen molar-refractivity contribution in [1.82, 2.24) is 15.3 Å². The number of rotatable bonds is 7. The average molecular weight is 430 g/mol. The van der Waals surface area contributed by atoms with E-state index in [1.54, 1.807) is 0 Å². The van der Waals surface area contributed by atoms with Crippen LogP contribution >= 0.6 is 0 Å². The van der Waals surface area contributed by atoms with Gasteiger partial charge in [0.15, 0.2) is 0 Å². The van der Waals surface area contributed by atoms with Gasteiger partial charge in [0.25, 0.3) is 0 Å². The van der Waals surface area contributed by atoms with Gasteiger partial charge in [-0.3, -0.25) is 9.97 Å². The highest BCUT2D eigenvalue weighted by molar-refractivity contribution is 6.74. The van der Waals surface area contributed by atoms with Crippen LogP contribution in [0.1, 0.15) is 49.1 Å². The molecule has 6 nitrogen and oxygen atoms in total. The highest BCUT2D eigenvalue weighted by Gasteiger charge is 2.38. The molecule has 0 aliphatic carbocycles. The first-order valence-corrected chi connectivity index (χ1v) is 13.3. The van der Waals surface area contributed by atoms with Crippen LogP contribution < -0.4 is 9.74 Å². The Hall–Kier alpha value is -2.41. The molecule has 1 aromatic heterocycles. The van der Waals surface area contributed by atoms with Crippen molar-refractivity contribution < 1.29 is 14.0 Å². The molecule has 0 saturated heterocycles. The number of amides is 1. The monoisotopic (exact) mass is 429 g/mol. The number of benzene rings is 1. The summed E-state index contributed by atoms with van der Waals surface area (Å²) in [6, 6.07) is 8.05. The van der Waals surface area contributed by atoms with Gasteiger partial charge in [-0.1, -0.05) is 32.9 Å². The summed E-state index contributed by atoms with van der Waals surface area (Å²) in [5.74, 6) is 0.897. The summed E-state index contributed by atoms with van der Waals surface area (Å²) in [6.07, 6.45) is 0.198. The van der Waals surface area contributed by atoms with Crippen LogP contribution in [0.5, 0.6) is 5.75 Å². The number of carbonyl (C=O) groups is 1. The Morgan fingerprint density at radius 3 is 2.20 bits per heavy atom. The van der Waals surface area contributed by atoms with Gasteiger partial charge in [-0.05, 0) is 56.6 Å². The number of carbonyl (C=O) groups excluding carboxylic acids is 1. The molecule has 0 fully saturated rings. The fourth-order valence-electron chi connectivity index (χ4n) is 2.57. The van der Waals surface area contributed by atoms with Crippen molar-refractivity contribution in [1.29, 1.82) is 0 Å². The van der Waals surface area contributed by atoms with Crippen LogP contribution in [0.3, 0.4) is 0 Å². The molecule has 0 spiro atoms. The van der Waals surface area contributed by atoms with E-state index in [1.165, 1.54) is 0 Å². The van der Waals surface area contributed by atoms with E-state index in [4.69, 9.17) is 9.16 Å². The summed E-state index contributed by atoms with van der Waals surface area (Å²) >= 11 is 0. The summed E-state index contributed by atoms with van der Waals surface area (Å²) in [6.45, 7) is 17.5. The molecule has 1 heterocycles. The van der Waals surface area contributed by atoms with Gasteiger partial charge < -0.3 is 14.5 Å². The third kappa shape index (κ3) is 6.55. The Bertz CT molecular complexity index is 874. The lowest BCUT2D eigenvalue weighted by Gasteiger charge is -2.36. The van der Waals surface area contributed by atoms with Crippen molar-refractivity contribution in [2.24, 2.45) is 0 Å². The molecule has 0 saturated carbocycles. The number of aryl methyl sites for hydroxylation is 3. The van der Waals surface area contributed by atoms with Gasteiger partial charge in [-0.2, -0.15) is 0 Å². The zero-order valence-electron chi connectivity index (χ0n) is 19.5. The molecular weight excluding hydrogens is 394 g/mol. The van der Waals surface area contributed by atoms with Crippen molar-refractivity contribution in [2.45, 2.75) is 72.6 Å². The van der Waals surface area contributed by atoms with Gasteiger partial charge in [-0.25, -0.2) is 4.79 Å². The number of nitrogens with one attached hydrogen (secondary N) is 1. The van der Waals surface area contributed by atoms with Gasteiger partial charge in [0.2, 0.25) is 8.32 Å². The molecule has 1 amide bonds. The van der Waals surface area contributed by atoms with Crippen molar-refractivity contribution in [3.8, 4) is 5.75 Å². The predicted molar refractivity (Wildman–Crippen MR) is 122 cm³/mol. The van der Waals surface area contributed by atoms with Crippen LogP contribution in [-0.4, -0.2) is 31.0 Å². The van der Waals surface area contributed by atoms with Gasteiger partial charge >= 0.3 is 6.09 Å². The van der Waals surface area contributed by atoms with Gasteiger partial charge in [0, 0.05) is 6.42 Å². The number of hydrogen-bond acceptors (Lipinski definition) is 5. The SMILES string of the molecule is Cc1nc(C)c(CNC(=O)OCCc2ccc(O[Si](C)(C)C(C)(C)C)cc2)nc1C. The summed E-state index contributed by atoms with van der Waals surface area (Å²) in [4.78, 5) is 20.9. The summed E-state index contributed by atoms with van der Waals surface area (Å²) in [5, 5.41) is 2.90. The molecule has 164 valence electrons. The largest absolute Gasteiger partial charge is 0.544 e. The van der Waals surface area contributed by atoms with E-state index in [0.717, 1.165) is 34.1 Å². The van der Waals surface area contributed by atoms with E-state index in [1.807, 2.05) is 45.0 Å². The smallest absolute Gasteiger partial charge is 0.407 e. The second-order valence-corrected chi connectivity index (χ2v) is 13.9. The molecule has 0 unspecified atom stereocenters. The fraction of sp³-hybridized carbons (Fsp3) is 0.522. The molecule has 7 heteroatoms. The Morgan fingerprint density at radius 1 is 1.00 bits per heavy atom. The Morgan fingerprint density at radius 2 is 1.60 bits per heavy atom. The molecule has 0 aliphatic rings. The van der Waals surface area contributed by atoms with Crippen LogP contribution in [0.4, 0.5) is 4.79 Å². The Balaban J connectivity index is 1.78. The molecule has 2 aromatic rings. The number of hydrogen-bond donors (Lipinski definition) is 1. The molecule has 0 radical (unpaired) electrons. The van der Waals surface area contributed by atoms with Crippen molar-refractivity contribution in [3.63, 3.8) is 0 Å². The number of alkyl carbamates (subject to hydrolysis) is 1. The summed E-state index contributed by atoms with van der Waals surface area (Å²) in [5.41, 5.74) is 4.44. The van der Waals surface area contributed by atoms with Crippen LogP contribution in [0.15, 0.2) is 24.3 Å². The molecule has 1 N–H and O–H groups in total. The molecule has 0 atom stereocenters. The van der Waals surface area contributed by atoms with E-state index >= 15 is 0 Å². The van der Waals surface area contributed by atoms with E-state index in [-0.39, 0.29) is 5.04 Å². The van der Waals surface area contributed by atoms with Gasteiger partial charge in [-0.15, -0.1) is 0 Å². The number of nitrogens with zero attached hydrogens (tertiary/aromatic N) is 2. The maximum absolute atomic E-state index is 12.0. The molecule has 0 bridgehead atoms. The van der Waals surface area contributed by atoms with Gasteiger partial charge in [0.05, 0.1) is 35.9 Å². The standard InChI is InChI=1S/C23H35N3O3Si/c1-16-17(2)26-21(18(3)25-16)15-24-22(27)28-14-13-19-9-11-20(12-10-19)29-30(7,8)23(4,5)6/h9-12H,13-15H2,1-8H3,(H,24,27). The van der Waals surface area contributed by atoms with Crippen molar-refractivity contribution >= 4 is 14.4 Å². The second kappa shape index (κ2) is 9.60. The molecule has 0 aliphatic heterocycles. The fourth-order valence-corrected chi connectivity index (χ4v) is 3.60. The zero-order chi connectivity index (χ0) is 22.5. The first-order chi connectivity index (χ1) is 13.9. The summed E-state index contributed by atoms with van der Waals surface area (Å²) in [7, 11) is -1.84. The lowest BCUT2D eigenvalue weighted by molar-refractivity contribution is 0.147. The molecular formula is C23H35N3O3Si. The van der Waals surface area contributed by atoms with E-state index in [9.17, 15) is 4.79 Å². The topological polar surface area (TPSA) is 73.3 Å². The average Bonchev–Trinajstić information content (AvgIpc) is 2.64. The first-order valence-electron chi connectivity index (χ1n) is 10.4. The Kier molecular flexibility index (Phi) is 7.63. The summed E-state index contributed by atoms with van der Waals surface area (Å²) < 4.78 is 11.6. The van der Waals surface area contributed by atoms with Crippen LogP contribution in [0, 0.1) is 20.8 Å². The normalized spacial score (nSPS) is 11.9. The predicted octanol–water partition coefficient (Wildman–Crippen LogP) is 5.25. The van der Waals surface area contributed by atoms with E-state index in [0.29, 0.717) is 19.6 Å². The van der Waals surface area contributed by atoms with Crippen molar-refractivity contribution in [3.05, 3.63) is 52.6 Å². The maximum Gasteiger partial charge on any atom is 0.407 e. The first kappa shape index (κ1) is 23.9. The van der Waals surface area contributed by atoms with Gasteiger partial charge in [0.1, 0.15) is 5.75 Å². The minimum atomic E-state index is -1.84. The van der Waals surface area contributed by atoms with Crippen LogP contribution in [0.25, 0.3) is 0 Å². The third-order valence-electron chi connectivity index (χ3n) is 5.71. The van der Waals surface area contributed by atoms with E-state index < -0.39 is 14.4 Å². The molecule has 1 aromatic carbocycles. The third-order valence-corrected chi connectivity index (χ3v) is 10.1. The van der Waals surface area contributed by atoms with E-state index in [2.05, 4.69) is 49.1 Å². The minimum Gasteiger partial charge on any atom is -0.544 e. The molecule has 30 heavy (non-hydrogen) atoms. The zero-order valence-corrected chi connectivity index (χ0v) is 20.5. The molecule has 2 rings (SSSR count). The Labute approximate surface area is 181 Å². The number of ether oxygens (including phenoxy) is 1. The number of aromatic nitrogens is 2. The quantitative estimate of drug-likeness (QED) is 0.608.